The van der Waals surface area contributed by atoms with Crippen LogP contribution in [0.3, 0.4) is 0 Å². The van der Waals surface area contributed by atoms with Crippen LogP contribution in [0.4, 0.5) is 5.69 Å². The van der Waals surface area contributed by atoms with Crippen molar-refractivity contribution < 1.29 is 9.72 Å². The molecule has 0 saturated heterocycles. The zero-order valence-corrected chi connectivity index (χ0v) is 13.8. The SMILES string of the molecule is Cc1nnc2sc(SCC(=O)c3cccc([N+](=O)[O-])c3)nn2c1=O. The van der Waals surface area contributed by atoms with E-state index in [1.807, 2.05) is 0 Å². The molecule has 3 rings (SSSR count). The summed E-state index contributed by atoms with van der Waals surface area (Å²) in [6.45, 7) is 1.54. The number of nitro benzene ring substituents is 1. The Balaban J connectivity index is 1.77. The van der Waals surface area contributed by atoms with Crippen molar-refractivity contribution in [1.29, 1.82) is 0 Å². The van der Waals surface area contributed by atoms with Crippen molar-refractivity contribution in [2.24, 2.45) is 0 Å². The number of hydrogen-bond acceptors (Lipinski definition) is 9. The molecule has 0 radical (unpaired) electrons. The number of aromatic nitrogens is 4. The molecule has 0 bridgehead atoms. The molecule has 0 aliphatic rings. The highest BCUT2D eigenvalue weighted by atomic mass is 32.2. The van der Waals surface area contributed by atoms with Crippen molar-refractivity contribution in [3.05, 3.63) is 56.0 Å². The number of rotatable bonds is 5. The lowest BCUT2D eigenvalue weighted by Crippen LogP contribution is -2.19. The predicted molar refractivity (Wildman–Crippen MR) is 87.8 cm³/mol. The van der Waals surface area contributed by atoms with E-state index < -0.39 is 4.92 Å². The quantitative estimate of drug-likeness (QED) is 0.291. The molecule has 0 saturated carbocycles. The standard InChI is InChI=1S/C13H9N5O4S2/c1-7-11(20)17-12(15-14-7)24-13(16-17)23-6-10(19)8-3-2-4-9(5-8)18(21)22/h2-5H,6H2,1H3. The highest BCUT2D eigenvalue weighted by Crippen LogP contribution is 2.24. The number of carbonyl (C=O) groups excluding carboxylic acids is 1. The molecule has 122 valence electrons. The van der Waals surface area contributed by atoms with Gasteiger partial charge in [-0.25, -0.2) is 0 Å². The first-order valence-electron chi connectivity index (χ1n) is 6.59. The lowest BCUT2D eigenvalue weighted by molar-refractivity contribution is -0.384. The fourth-order valence-corrected chi connectivity index (χ4v) is 3.60. The number of nitrogens with zero attached hydrogens (tertiary/aromatic N) is 5. The monoisotopic (exact) mass is 363 g/mol. The molecule has 0 spiro atoms. The van der Waals surface area contributed by atoms with Gasteiger partial charge in [-0.05, 0) is 6.92 Å². The molecule has 2 aromatic heterocycles. The summed E-state index contributed by atoms with van der Waals surface area (Å²) in [5.41, 5.74) is 0.00360. The molecule has 0 aliphatic carbocycles. The maximum absolute atomic E-state index is 12.2. The fourth-order valence-electron chi connectivity index (χ4n) is 1.84. The van der Waals surface area contributed by atoms with Gasteiger partial charge >= 0.3 is 0 Å². The molecule has 24 heavy (non-hydrogen) atoms. The Labute approximate surface area is 142 Å². The Bertz CT molecular complexity index is 1010. The van der Waals surface area contributed by atoms with E-state index in [0.29, 0.717) is 9.30 Å². The van der Waals surface area contributed by atoms with Gasteiger partial charge in [-0.3, -0.25) is 19.7 Å². The molecule has 0 unspecified atom stereocenters. The number of ketones is 1. The van der Waals surface area contributed by atoms with Gasteiger partial charge in [0.15, 0.2) is 10.1 Å². The molecule has 0 N–H and O–H groups in total. The van der Waals surface area contributed by atoms with E-state index in [1.54, 1.807) is 6.92 Å². The summed E-state index contributed by atoms with van der Waals surface area (Å²) in [6, 6.07) is 5.55. The summed E-state index contributed by atoms with van der Waals surface area (Å²) < 4.78 is 1.64. The van der Waals surface area contributed by atoms with Gasteiger partial charge in [0.2, 0.25) is 4.96 Å². The number of non-ortho nitro benzene ring substituents is 1. The van der Waals surface area contributed by atoms with E-state index in [9.17, 15) is 19.7 Å². The zero-order chi connectivity index (χ0) is 17.3. The number of thioether (sulfide) groups is 1. The van der Waals surface area contributed by atoms with Gasteiger partial charge in [-0.1, -0.05) is 35.2 Å². The minimum absolute atomic E-state index is 0.0438. The van der Waals surface area contributed by atoms with Crippen molar-refractivity contribution in [3.8, 4) is 0 Å². The second-order valence-corrected chi connectivity index (χ2v) is 6.85. The summed E-state index contributed by atoms with van der Waals surface area (Å²) in [5.74, 6) is -0.222. The number of aryl methyl sites for hydroxylation is 1. The molecular formula is C13H9N5O4S2. The molecule has 2 heterocycles. The zero-order valence-electron chi connectivity index (χ0n) is 12.2. The van der Waals surface area contributed by atoms with Gasteiger partial charge < -0.3 is 0 Å². The maximum Gasteiger partial charge on any atom is 0.296 e. The first-order valence-corrected chi connectivity index (χ1v) is 8.39. The third-order valence-corrected chi connectivity index (χ3v) is 5.07. The predicted octanol–water partition coefficient (Wildman–Crippen LogP) is 1.74. The van der Waals surface area contributed by atoms with Crippen LogP contribution in [0.2, 0.25) is 0 Å². The van der Waals surface area contributed by atoms with Gasteiger partial charge in [0.05, 0.1) is 10.7 Å². The van der Waals surface area contributed by atoms with Crippen molar-refractivity contribution in [1.82, 2.24) is 19.8 Å². The summed E-state index contributed by atoms with van der Waals surface area (Å²) in [7, 11) is 0. The maximum atomic E-state index is 12.2. The van der Waals surface area contributed by atoms with Crippen LogP contribution in [-0.4, -0.2) is 36.3 Å². The van der Waals surface area contributed by atoms with Gasteiger partial charge in [0, 0.05) is 17.7 Å². The third kappa shape index (κ3) is 3.16. The van der Waals surface area contributed by atoms with Crippen LogP contribution in [0.5, 0.6) is 0 Å². The molecule has 1 aromatic carbocycles. The summed E-state index contributed by atoms with van der Waals surface area (Å²) in [5, 5.41) is 22.5. The smallest absolute Gasteiger partial charge is 0.293 e. The molecule has 11 heteroatoms. The minimum atomic E-state index is -0.551. The Morgan fingerprint density at radius 3 is 2.96 bits per heavy atom. The first-order chi connectivity index (χ1) is 11.5. The Morgan fingerprint density at radius 2 is 2.21 bits per heavy atom. The molecule has 3 aromatic rings. The number of fused-ring (bicyclic) bond motifs is 1. The van der Waals surface area contributed by atoms with E-state index in [4.69, 9.17) is 0 Å². The van der Waals surface area contributed by atoms with Gasteiger partial charge in [0.1, 0.15) is 5.69 Å². The fraction of sp³-hybridized carbons (Fsp3) is 0.154. The lowest BCUT2D eigenvalue weighted by atomic mass is 10.1. The Kier molecular flexibility index (Phi) is 4.36. The van der Waals surface area contributed by atoms with Crippen LogP contribution in [0, 0.1) is 17.0 Å². The van der Waals surface area contributed by atoms with Crippen molar-refractivity contribution in [2.45, 2.75) is 11.3 Å². The van der Waals surface area contributed by atoms with Crippen molar-refractivity contribution in [3.63, 3.8) is 0 Å². The molecule has 0 aliphatic heterocycles. The largest absolute Gasteiger partial charge is 0.296 e. The Hall–Kier alpha value is -2.66. The van der Waals surface area contributed by atoms with E-state index in [0.717, 1.165) is 27.6 Å². The van der Waals surface area contributed by atoms with Crippen molar-refractivity contribution in [2.75, 3.05) is 5.75 Å². The first kappa shape index (κ1) is 16.2. The summed E-state index contributed by atoms with van der Waals surface area (Å²) >= 11 is 2.28. The van der Waals surface area contributed by atoms with E-state index in [-0.39, 0.29) is 34.0 Å². The summed E-state index contributed by atoms with van der Waals surface area (Å²) in [6.07, 6.45) is 0. The van der Waals surface area contributed by atoms with Crippen LogP contribution in [-0.2, 0) is 0 Å². The number of Topliss-reactive ketones (excluding diaryl/α,β-unsaturated/α-hetero) is 1. The van der Waals surface area contributed by atoms with Gasteiger partial charge in [0.25, 0.3) is 11.2 Å². The second kappa shape index (κ2) is 6.45. The molecule has 0 fully saturated rings. The van der Waals surface area contributed by atoms with Crippen LogP contribution in [0.1, 0.15) is 16.1 Å². The van der Waals surface area contributed by atoms with Crippen LogP contribution >= 0.6 is 23.1 Å². The average molecular weight is 363 g/mol. The Morgan fingerprint density at radius 1 is 1.42 bits per heavy atom. The second-order valence-electron chi connectivity index (χ2n) is 4.67. The normalized spacial score (nSPS) is 10.9. The van der Waals surface area contributed by atoms with E-state index >= 15 is 0 Å². The number of hydrogen-bond donors (Lipinski definition) is 0. The van der Waals surface area contributed by atoms with Crippen LogP contribution in [0.15, 0.2) is 33.4 Å². The number of carbonyl (C=O) groups is 1. The van der Waals surface area contributed by atoms with E-state index in [1.165, 1.54) is 24.3 Å². The third-order valence-electron chi connectivity index (χ3n) is 3.03. The van der Waals surface area contributed by atoms with Gasteiger partial charge in [-0.15, -0.1) is 15.3 Å². The molecular weight excluding hydrogens is 354 g/mol. The van der Waals surface area contributed by atoms with Crippen LogP contribution < -0.4 is 5.56 Å². The van der Waals surface area contributed by atoms with E-state index in [2.05, 4.69) is 15.3 Å². The highest BCUT2D eigenvalue weighted by Gasteiger charge is 2.14. The summed E-state index contributed by atoms with van der Waals surface area (Å²) in [4.78, 5) is 34.6. The average Bonchev–Trinajstić information content (AvgIpc) is 3.00. The number of benzene rings is 1. The van der Waals surface area contributed by atoms with Crippen LogP contribution in [0.25, 0.3) is 4.96 Å². The highest BCUT2D eigenvalue weighted by molar-refractivity contribution is 8.01. The number of nitro groups is 1. The van der Waals surface area contributed by atoms with Crippen molar-refractivity contribution >= 4 is 39.5 Å². The molecule has 0 atom stereocenters. The molecule has 0 amide bonds. The van der Waals surface area contributed by atoms with Gasteiger partial charge in [-0.2, -0.15) is 4.52 Å². The topological polar surface area (TPSA) is 120 Å². The minimum Gasteiger partial charge on any atom is -0.293 e. The lowest BCUT2D eigenvalue weighted by Gasteiger charge is -1.99. The molecule has 9 nitrogen and oxygen atoms in total.